The van der Waals surface area contributed by atoms with Gasteiger partial charge in [0.15, 0.2) is 11.5 Å². The first-order valence-electron chi connectivity index (χ1n) is 6.52. The molecule has 0 atom stereocenters. The number of aromatic hydroxyl groups is 1. The van der Waals surface area contributed by atoms with Gasteiger partial charge in [0.1, 0.15) is 0 Å². The number of aliphatic hydroxyl groups is 1. The van der Waals surface area contributed by atoms with Gasteiger partial charge in [0.05, 0.1) is 7.11 Å². The summed E-state index contributed by atoms with van der Waals surface area (Å²) >= 11 is 0. The molecule has 0 unspecified atom stereocenters. The lowest BCUT2D eigenvalue weighted by Crippen LogP contribution is -2.11. The Labute approximate surface area is 122 Å². The number of aliphatic hydroxyl groups excluding tert-OH is 1. The summed E-state index contributed by atoms with van der Waals surface area (Å²) in [5.41, 5.74) is 1.99. The summed E-state index contributed by atoms with van der Waals surface area (Å²) in [6.45, 7) is 0.0941. The lowest BCUT2D eigenvalue weighted by molar-refractivity contribution is 0.102. The summed E-state index contributed by atoms with van der Waals surface area (Å²) in [6, 6.07) is 11.7. The van der Waals surface area contributed by atoms with Crippen LogP contribution in [0.1, 0.15) is 15.9 Å². The molecule has 2 rings (SSSR count). The van der Waals surface area contributed by atoms with Crippen LogP contribution in [0.4, 0.5) is 5.69 Å². The van der Waals surface area contributed by atoms with Gasteiger partial charge in [-0.3, -0.25) is 4.79 Å². The van der Waals surface area contributed by atoms with Crippen molar-refractivity contribution in [2.24, 2.45) is 0 Å². The minimum Gasteiger partial charge on any atom is -0.504 e. The van der Waals surface area contributed by atoms with Crippen molar-refractivity contribution < 1.29 is 19.7 Å². The zero-order chi connectivity index (χ0) is 15.2. The third kappa shape index (κ3) is 3.73. The second kappa shape index (κ2) is 6.76. The first-order chi connectivity index (χ1) is 10.1. The van der Waals surface area contributed by atoms with Crippen molar-refractivity contribution in [2.75, 3.05) is 19.0 Å². The summed E-state index contributed by atoms with van der Waals surface area (Å²) in [6.07, 6.45) is 0.584. The van der Waals surface area contributed by atoms with Crippen LogP contribution in [-0.2, 0) is 6.42 Å². The number of rotatable bonds is 5. The van der Waals surface area contributed by atoms with Crippen LogP contribution in [0.5, 0.6) is 11.5 Å². The van der Waals surface area contributed by atoms with Gasteiger partial charge in [-0.2, -0.15) is 0 Å². The van der Waals surface area contributed by atoms with Crippen LogP contribution < -0.4 is 10.1 Å². The van der Waals surface area contributed by atoms with E-state index in [2.05, 4.69) is 5.32 Å². The maximum Gasteiger partial charge on any atom is 0.255 e. The molecule has 21 heavy (non-hydrogen) atoms. The minimum absolute atomic E-state index is 0.0801. The molecule has 0 saturated carbocycles. The molecule has 110 valence electrons. The van der Waals surface area contributed by atoms with Gasteiger partial charge in [-0.05, 0) is 42.3 Å². The van der Waals surface area contributed by atoms with E-state index in [0.29, 0.717) is 23.4 Å². The zero-order valence-electron chi connectivity index (χ0n) is 11.7. The van der Waals surface area contributed by atoms with E-state index in [0.717, 1.165) is 5.56 Å². The van der Waals surface area contributed by atoms with Crippen LogP contribution in [0.25, 0.3) is 0 Å². The lowest BCUT2D eigenvalue weighted by atomic mass is 10.1. The smallest absolute Gasteiger partial charge is 0.255 e. The summed E-state index contributed by atoms with van der Waals surface area (Å²) in [5, 5.41) is 21.3. The number of amides is 1. The van der Waals surface area contributed by atoms with Crippen molar-refractivity contribution in [3.8, 4) is 11.5 Å². The van der Waals surface area contributed by atoms with Crippen LogP contribution in [0, 0.1) is 0 Å². The number of hydrogen-bond acceptors (Lipinski definition) is 4. The molecule has 0 aromatic heterocycles. The predicted molar refractivity (Wildman–Crippen MR) is 79.8 cm³/mol. The number of benzene rings is 2. The molecule has 0 aliphatic carbocycles. The van der Waals surface area contributed by atoms with Gasteiger partial charge < -0.3 is 20.3 Å². The standard InChI is InChI=1S/C16H17NO4/c1-21-15-7-4-12(10-14(15)19)16(20)17-13-5-2-11(3-6-13)8-9-18/h2-7,10,18-19H,8-9H2,1H3,(H,17,20). The molecular formula is C16H17NO4. The molecule has 0 fully saturated rings. The highest BCUT2D eigenvalue weighted by Gasteiger charge is 2.09. The van der Waals surface area contributed by atoms with Crippen molar-refractivity contribution in [2.45, 2.75) is 6.42 Å². The molecule has 5 nitrogen and oxygen atoms in total. The number of phenolic OH excluding ortho intramolecular Hbond substituents is 1. The monoisotopic (exact) mass is 287 g/mol. The summed E-state index contributed by atoms with van der Waals surface area (Å²) in [7, 11) is 1.45. The molecule has 2 aromatic rings. The van der Waals surface area contributed by atoms with Gasteiger partial charge >= 0.3 is 0 Å². The second-order valence-electron chi connectivity index (χ2n) is 4.51. The quantitative estimate of drug-likeness (QED) is 0.787. The number of methoxy groups -OCH3 is 1. The number of anilines is 1. The highest BCUT2D eigenvalue weighted by molar-refractivity contribution is 6.04. The first-order valence-corrected chi connectivity index (χ1v) is 6.52. The maximum atomic E-state index is 12.1. The highest BCUT2D eigenvalue weighted by Crippen LogP contribution is 2.26. The topological polar surface area (TPSA) is 78.8 Å². The summed E-state index contributed by atoms with van der Waals surface area (Å²) in [5.74, 6) is -0.0776. The average Bonchev–Trinajstić information content (AvgIpc) is 2.49. The van der Waals surface area contributed by atoms with E-state index < -0.39 is 0 Å². The fourth-order valence-electron chi connectivity index (χ4n) is 1.92. The van der Waals surface area contributed by atoms with Gasteiger partial charge in [-0.25, -0.2) is 0 Å². The number of carbonyl (C=O) groups excluding carboxylic acids is 1. The number of phenols is 1. The van der Waals surface area contributed by atoms with Crippen LogP contribution in [0.3, 0.4) is 0 Å². The van der Waals surface area contributed by atoms with Crippen LogP contribution in [0.15, 0.2) is 42.5 Å². The third-order valence-electron chi connectivity index (χ3n) is 3.05. The fourth-order valence-corrected chi connectivity index (χ4v) is 1.92. The van der Waals surface area contributed by atoms with Crippen LogP contribution in [0.2, 0.25) is 0 Å². The SMILES string of the molecule is COc1ccc(C(=O)Nc2ccc(CCO)cc2)cc1O. The van der Waals surface area contributed by atoms with Crippen LogP contribution in [-0.4, -0.2) is 29.8 Å². The Bertz CT molecular complexity index is 623. The van der Waals surface area contributed by atoms with E-state index in [1.807, 2.05) is 12.1 Å². The lowest BCUT2D eigenvalue weighted by Gasteiger charge is -2.08. The fraction of sp³-hybridized carbons (Fsp3) is 0.188. The van der Waals surface area contributed by atoms with Crippen molar-refractivity contribution in [3.05, 3.63) is 53.6 Å². The number of carbonyl (C=O) groups is 1. The zero-order valence-corrected chi connectivity index (χ0v) is 11.7. The maximum absolute atomic E-state index is 12.1. The summed E-state index contributed by atoms with van der Waals surface area (Å²) < 4.78 is 4.93. The van der Waals surface area contributed by atoms with Crippen molar-refractivity contribution >= 4 is 11.6 Å². The second-order valence-corrected chi connectivity index (χ2v) is 4.51. The Hall–Kier alpha value is -2.53. The van der Waals surface area contributed by atoms with E-state index in [4.69, 9.17) is 9.84 Å². The Morgan fingerprint density at radius 2 is 1.90 bits per heavy atom. The van der Waals surface area contributed by atoms with E-state index in [1.165, 1.54) is 19.2 Å². The van der Waals surface area contributed by atoms with Gasteiger partial charge in [-0.1, -0.05) is 12.1 Å². The van der Waals surface area contributed by atoms with Crippen molar-refractivity contribution in [1.82, 2.24) is 0 Å². The molecule has 1 amide bonds. The normalized spacial score (nSPS) is 10.2. The molecule has 0 saturated heterocycles. The average molecular weight is 287 g/mol. The molecule has 0 spiro atoms. The Morgan fingerprint density at radius 1 is 1.19 bits per heavy atom. The van der Waals surface area contributed by atoms with Crippen molar-refractivity contribution in [1.29, 1.82) is 0 Å². The van der Waals surface area contributed by atoms with Gasteiger partial charge in [0.25, 0.3) is 5.91 Å². The number of nitrogens with one attached hydrogen (secondary N) is 1. The molecule has 5 heteroatoms. The van der Waals surface area contributed by atoms with E-state index in [9.17, 15) is 9.90 Å². The molecule has 0 aliphatic rings. The Morgan fingerprint density at radius 3 is 2.48 bits per heavy atom. The van der Waals surface area contributed by atoms with E-state index >= 15 is 0 Å². The van der Waals surface area contributed by atoms with Gasteiger partial charge in [-0.15, -0.1) is 0 Å². The van der Waals surface area contributed by atoms with Gasteiger partial charge in [0, 0.05) is 17.9 Å². The molecule has 0 radical (unpaired) electrons. The van der Waals surface area contributed by atoms with Crippen molar-refractivity contribution in [3.63, 3.8) is 0 Å². The predicted octanol–water partition coefficient (Wildman–Crippen LogP) is 2.19. The molecule has 3 N–H and O–H groups in total. The van der Waals surface area contributed by atoms with Gasteiger partial charge in [0.2, 0.25) is 0 Å². The number of hydrogen-bond donors (Lipinski definition) is 3. The summed E-state index contributed by atoms with van der Waals surface area (Å²) in [4.78, 5) is 12.1. The largest absolute Gasteiger partial charge is 0.504 e. The molecule has 0 bridgehead atoms. The highest BCUT2D eigenvalue weighted by atomic mass is 16.5. The Kier molecular flexibility index (Phi) is 4.79. The van der Waals surface area contributed by atoms with E-state index in [1.54, 1.807) is 18.2 Å². The van der Waals surface area contributed by atoms with E-state index in [-0.39, 0.29) is 18.3 Å². The van der Waals surface area contributed by atoms with Crippen LogP contribution >= 0.6 is 0 Å². The first kappa shape index (κ1) is 14.9. The third-order valence-corrected chi connectivity index (χ3v) is 3.05. The number of ether oxygens (including phenoxy) is 1. The molecule has 0 heterocycles. The molecule has 0 aliphatic heterocycles. The minimum atomic E-state index is -0.317. The molecule has 2 aromatic carbocycles. The molecular weight excluding hydrogens is 270 g/mol. The Balaban J connectivity index is 2.08.